The molecule has 1 aliphatic heterocycles. The van der Waals surface area contributed by atoms with Gasteiger partial charge in [-0.1, -0.05) is 12.1 Å². The molecule has 2 rings (SSSR count). The van der Waals surface area contributed by atoms with Crippen molar-refractivity contribution in [3.05, 3.63) is 29.8 Å². The molecule has 1 saturated heterocycles. The van der Waals surface area contributed by atoms with Crippen LogP contribution in [0.15, 0.2) is 24.3 Å². The quantitative estimate of drug-likeness (QED) is 0.785. The van der Waals surface area contributed by atoms with Crippen molar-refractivity contribution in [3.8, 4) is 5.75 Å². The molecule has 2 nitrogen and oxygen atoms in total. The van der Waals surface area contributed by atoms with Gasteiger partial charge >= 0.3 is 0 Å². The van der Waals surface area contributed by atoms with Gasteiger partial charge in [0, 0.05) is 12.5 Å². The van der Waals surface area contributed by atoms with Gasteiger partial charge in [0.05, 0.1) is 6.54 Å². The van der Waals surface area contributed by atoms with E-state index in [0.717, 1.165) is 5.56 Å². The molecule has 0 aromatic heterocycles. The number of nitrogens with one attached hydrogen (secondary N) is 1. The largest absolute Gasteiger partial charge is 0.508 e. The van der Waals surface area contributed by atoms with Crippen molar-refractivity contribution in [2.24, 2.45) is 5.92 Å². The molecule has 1 atom stereocenters. The van der Waals surface area contributed by atoms with Crippen molar-refractivity contribution >= 4 is 0 Å². The maximum atomic E-state index is 13.3. The molecule has 15 heavy (non-hydrogen) atoms. The number of aromatic hydroxyl groups is 1. The maximum Gasteiger partial charge on any atom is 0.264 e. The highest BCUT2D eigenvalue weighted by Crippen LogP contribution is 2.31. The summed E-state index contributed by atoms with van der Waals surface area (Å²) in [6.45, 7) is 0.0964. The summed E-state index contributed by atoms with van der Waals surface area (Å²) in [6.07, 6.45) is 0.300. The number of hydrogen-bond acceptors (Lipinski definition) is 2. The topological polar surface area (TPSA) is 32.3 Å². The van der Waals surface area contributed by atoms with Crippen molar-refractivity contribution in [1.82, 2.24) is 5.32 Å². The van der Waals surface area contributed by atoms with Crippen LogP contribution in [0.1, 0.15) is 5.56 Å². The van der Waals surface area contributed by atoms with Crippen LogP contribution in [-0.2, 0) is 6.42 Å². The molecule has 0 bridgehead atoms. The van der Waals surface area contributed by atoms with Gasteiger partial charge in [0.15, 0.2) is 0 Å². The van der Waals surface area contributed by atoms with Crippen LogP contribution in [0.5, 0.6) is 5.75 Å². The summed E-state index contributed by atoms with van der Waals surface area (Å²) in [7, 11) is 0. The predicted molar refractivity (Wildman–Crippen MR) is 53.1 cm³/mol. The standard InChI is InChI=1S/C11H13F2NO/c12-11(13)7-14-6-9(11)4-8-2-1-3-10(15)5-8/h1-3,5,9,14-15H,4,6-7H2. The average Bonchev–Trinajstić information content (AvgIpc) is 2.46. The fraction of sp³-hybridized carbons (Fsp3) is 0.455. The first kappa shape index (κ1) is 10.4. The van der Waals surface area contributed by atoms with Gasteiger partial charge in [-0.05, 0) is 24.1 Å². The minimum Gasteiger partial charge on any atom is -0.508 e. The number of rotatable bonds is 2. The number of halogens is 2. The third kappa shape index (κ3) is 2.26. The first-order valence-electron chi connectivity index (χ1n) is 4.94. The number of alkyl halides is 2. The Labute approximate surface area is 86.9 Å². The van der Waals surface area contributed by atoms with Crippen LogP contribution in [0, 0.1) is 5.92 Å². The van der Waals surface area contributed by atoms with Gasteiger partial charge in [0.1, 0.15) is 5.75 Å². The molecule has 1 aromatic carbocycles. The van der Waals surface area contributed by atoms with E-state index < -0.39 is 11.8 Å². The molecular formula is C11H13F2NO. The third-order valence-corrected chi connectivity index (χ3v) is 2.74. The smallest absolute Gasteiger partial charge is 0.264 e. The lowest BCUT2D eigenvalue weighted by Crippen LogP contribution is -2.28. The monoisotopic (exact) mass is 213 g/mol. The highest BCUT2D eigenvalue weighted by atomic mass is 19.3. The molecular weight excluding hydrogens is 200 g/mol. The maximum absolute atomic E-state index is 13.3. The fourth-order valence-corrected chi connectivity index (χ4v) is 1.90. The molecule has 1 aromatic rings. The zero-order chi connectivity index (χ0) is 10.9. The van der Waals surface area contributed by atoms with E-state index in [9.17, 15) is 13.9 Å². The first-order valence-corrected chi connectivity index (χ1v) is 4.94. The van der Waals surface area contributed by atoms with E-state index in [4.69, 9.17) is 0 Å². The Morgan fingerprint density at radius 1 is 1.47 bits per heavy atom. The predicted octanol–water partition coefficient (Wildman–Crippen LogP) is 1.79. The summed E-state index contributed by atoms with van der Waals surface area (Å²) in [5, 5.41) is 11.9. The number of hydrogen-bond donors (Lipinski definition) is 2. The Morgan fingerprint density at radius 3 is 2.87 bits per heavy atom. The molecule has 0 radical (unpaired) electrons. The van der Waals surface area contributed by atoms with Gasteiger partial charge in [-0.3, -0.25) is 0 Å². The first-order chi connectivity index (χ1) is 7.08. The molecule has 0 saturated carbocycles. The van der Waals surface area contributed by atoms with Gasteiger partial charge in [0.25, 0.3) is 5.92 Å². The van der Waals surface area contributed by atoms with E-state index in [1.54, 1.807) is 12.1 Å². The molecule has 1 aliphatic rings. The van der Waals surface area contributed by atoms with E-state index >= 15 is 0 Å². The van der Waals surface area contributed by atoms with Gasteiger partial charge in [-0.2, -0.15) is 0 Å². The molecule has 1 fully saturated rings. The average molecular weight is 213 g/mol. The highest BCUT2D eigenvalue weighted by Gasteiger charge is 2.43. The summed E-state index contributed by atoms with van der Waals surface area (Å²) in [5.41, 5.74) is 0.753. The molecule has 0 aliphatic carbocycles. The van der Waals surface area contributed by atoms with Crippen molar-refractivity contribution in [1.29, 1.82) is 0 Å². The Balaban J connectivity index is 2.09. The van der Waals surface area contributed by atoms with Crippen molar-refractivity contribution < 1.29 is 13.9 Å². The van der Waals surface area contributed by atoms with E-state index in [0.29, 0.717) is 13.0 Å². The van der Waals surface area contributed by atoms with Crippen LogP contribution >= 0.6 is 0 Å². The Morgan fingerprint density at radius 2 is 2.27 bits per heavy atom. The molecule has 0 amide bonds. The van der Waals surface area contributed by atoms with E-state index in [2.05, 4.69) is 5.32 Å². The summed E-state index contributed by atoms with van der Waals surface area (Å²) in [5.74, 6) is -3.17. The Hall–Kier alpha value is -1.16. The summed E-state index contributed by atoms with van der Waals surface area (Å²) < 4.78 is 26.5. The Bertz CT molecular complexity index is 354. The normalized spacial score (nSPS) is 24.3. The third-order valence-electron chi connectivity index (χ3n) is 2.74. The molecule has 1 unspecified atom stereocenters. The van der Waals surface area contributed by atoms with E-state index in [1.807, 2.05) is 0 Å². The molecule has 82 valence electrons. The zero-order valence-electron chi connectivity index (χ0n) is 8.21. The fourth-order valence-electron chi connectivity index (χ4n) is 1.90. The lowest BCUT2D eigenvalue weighted by Gasteiger charge is -2.17. The van der Waals surface area contributed by atoms with Crippen LogP contribution in [-0.4, -0.2) is 24.1 Å². The van der Waals surface area contributed by atoms with Crippen LogP contribution in [0.2, 0.25) is 0 Å². The van der Waals surface area contributed by atoms with Crippen LogP contribution < -0.4 is 5.32 Å². The van der Waals surface area contributed by atoms with Crippen LogP contribution in [0.25, 0.3) is 0 Å². The number of phenols is 1. The van der Waals surface area contributed by atoms with Gasteiger partial charge < -0.3 is 10.4 Å². The van der Waals surface area contributed by atoms with Gasteiger partial charge in [0.2, 0.25) is 0 Å². The second kappa shape index (κ2) is 3.77. The van der Waals surface area contributed by atoms with E-state index in [1.165, 1.54) is 12.1 Å². The van der Waals surface area contributed by atoms with Gasteiger partial charge in [-0.25, -0.2) is 8.78 Å². The second-order valence-corrected chi connectivity index (χ2v) is 3.96. The lowest BCUT2D eigenvalue weighted by molar-refractivity contribution is -0.0212. The van der Waals surface area contributed by atoms with Crippen LogP contribution in [0.3, 0.4) is 0 Å². The van der Waals surface area contributed by atoms with Crippen molar-refractivity contribution in [2.75, 3.05) is 13.1 Å². The second-order valence-electron chi connectivity index (χ2n) is 3.96. The van der Waals surface area contributed by atoms with Gasteiger partial charge in [-0.15, -0.1) is 0 Å². The van der Waals surface area contributed by atoms with Crippen molar-refractivity contribution in [3.63, 3.8) is 0 Å². The molecule has 1 heterocycles. The molecule has 2 N–H and O–H groups in total. The molecule has 4 heteroatoms. The summed E-state index contributed by atoms with van der Waals surface area (Å²) in [4.78, 5) is 0. The van der Waals surface area contributed by atoms with Crippen LogP contribution in [0.4, 0.5) is 8.78 Å². The minimum atomic E-state index is -2.63. The Kier molecular flexibility index (Phi) is 2.61. The number of phenolic OH excluding ortho intramolecular Hbond substituents is 1. The van der Waals surface area contributed by atoms with E-state index in [-0.39, 0.29) is 12.3 Å². The van der Waals surface area contributed by atoms with Crippen molar-refractivity contribution in [2.45, 2.75) is 12.3 Å². The summed E-state index contributed by atoms with van der Waals surface area (Å²) in [6, 6.07) is 6.50. The lowest BCUT2D eigenvalue weighted by atomic mass is 9.96. The highest BCUT2D eigenvalue weighted by molar-refractivity contribution is 5.27. The SMILES string of the molecule is Oc1cccc(CC2CNCC2(F)F)c1. The number of benzene rings is 1. The minimum absolute atomic E-state index is 0.127. The summed E-state index contributed by atoms with van der Waals surface area (Å²) >= 11 is 0. The zero-order valence-corrected chi connectivity index (χ0v) is 8.21. The molecule has 0 spiro atoms.